The number of nitrogens with zero attached hydrogens (tertiary/aromatic N) is 1. The normalized spacial score (nSPS) is 25.9. The van der Waals surface area contributed by atoms with Gasteiger partial charge >= 0.3 is 0 Å². The molecule has 0 aromatic heterocycles. The van der Waals surface area contributed by atoms with Gasteiger partial charge in [0.1, 0.15) is 0 Å². The van der Waals surface area contributed by atoms with Crippen molar-refractivity contribution in [3.05, 3.63) is 0 Å². The molecular formula is C10H20N2O5S. The van der Waals surface area contributed by atoms with E-state index in [4.69, 9.17) is 9.47 Å². The summed E-state index contributed by atoms with van der Waals surface area (Å²) in [7, 11) is -1.77. The number of methoxy groups -OCH3 is 1. The molecule has 1 aliphatic rings. The van der Waals surface area contributed by atoms with E-state index in [0.717, 1.165) is 6.26 Å². The van der Waals surface area contributed by atoms with E-state index in [1.165, 1.54) is 11.4 Å². The van der Waals surface area contributed by atoms with Gasteiger partial charge in [-0.1, -0.05) is 0 Å². The molecule has 8 heteroatoms. The van der Waals surface area contributed by atoms with Crippen molar-refractivity contribution in [3.63, 3.8) is 0 Å². The van der Waals surface area contributed by atoms with E-state index in [1.807, 2.05) is 0 Å². The van der Waals surface area contributed by atoms with Gasteiger partial charge in [0.25, 0.3) is 5.91 Å². The summed E-state index contributed by atoms with van der Waals surface area (Å²) < 4.78 is 34.5. The van der Waals surface area contributed by atoms with Crippen LogP contribution in [-0.2, 0) is 24.3 Å². The van der Waals surface area contributed by atoms with Crippen LogP contribution < -0.4 is 5.32 Å². The molecule has 0 radical (unpaired) electrons. The second-order valence-corrected chi connectivity index (χ2v) is 6.41. The van der Waals surface area contributed by atoms with E-state index in [1.54, 1.807) is 6.92 Å². The van der Waals surface area contributed by atoms with E-state index >= 15 is 0 Å². The minimum absolute atomic E-state index is 0.0324. The highest BCUT2D eigenvalue weighted by atomic mass is 32.2. The van der Waals surface area contributed by atoms with E-state index in [2.05, 4.69) is 5.32 Å². The van der Waals surface area contributed by atoms with Crippen molar-refractivity contribution in [3.8, 4) is 0 Å². The number of rotatable bonds is 5. The van der Waals surface area contributed by atoms with E-state index in [0.29, 0.717) is 13.2 Å². The number of morpholine rings is 1. The highest BCUT2D eigenvalue weighted by Crippen LogP contribution is 2.19. The van der Waals surface area contributed by atoms with Crippen molar-refractivity contribution in [2.24, 2.45) is 0 Å². The van der Waals surface area contributed by atoms with Crippen LogP contribution in [0.4, 0.5) is 0 Å². The zero-order valence-corrected chi connectivity index (χ0v) is 11.7. The van der Waals surface area contributed by atoms with Crippen LogP contribution in [-0.4, -0.2) is 70.4 Å². The summed E-state index contributed by atoms with van der Waals surface area (Å²) in [6.45, 7) is 2.88. The van der Waals surface area contributed by atoms with Crippen LogP contribution in [0.5, 0.6) is 0 Å². The molecule has 1 heterocycles. The summed E-state index contributed by atoms with van der Waals surface area (Å²) in [5, 5.41) is 2.66. The zero-order valence-electron chi connectivity index (χ0n) is 10.9. The molecule has 0 aromatic carbocycles. The highest BCUT2D eigenvalue weighted by molar-refractivity contribution is 7.88. The summed E-state index contributed by atoms with van der Waals surface area (Å²) in [6.07, 6.45) is 1.13. The molecule has 1 saturated heterocycles. The molecule has 0 aromatic rings. The average molecular weight is 280 g/mol. The average Bonchev–Trinajstić information content (AvgIpc) is 2.28. The number of ether oxygens (including phenoxy) is 2. The van der Waals surface area contributed by atoms with Gasteiger partial charge in [0, 0.05) is 20.2 Å². The third-order valence-corrected chi connectivity index (χ3v) is 4.03. The summed E-state index contributed by atoms with van der Waals surface area (Å²) >= 11 is 0. The van der Waals surface area contributed by atoms with Gasteiger partial charge in [-0.15, -0.1) is 0 Å². The number of nitrogens with one attached hydrogen (secondary N) is 1. The number of sulfonamides is 1. The highest BCUT2D eigenvalue weighted by Gasteiger charge is 2.41. The minimum Gasteiger partial charge on any atom is -0.383 e. The fourth-order valence-corrected chi connectivity index (χ4v) is 2.60. The largest absolute Gasteiger partial charge is 0.383 e. The first-order valence-corrected chi connectivity index (χ1v) is 7.51. The van der Waals surface area contributed by atoms with Crippen LogP contribution in [0.25, 0.3) is 0 Å². The monoisotopic (exact) mass is 280 g/mol. The standard InChI is InChI=1S/C10H20N2O5S/c1-10(9(13)11-4-6-16-2)8-12(5-7-17-10)18(3,14)15/h4-8H2,1-3H3,(H,11,13)/t10-/m1/s1. The third kappa shape index (κ3) is 3.91. The SMILES string of the molecule is COCCNC(=O)[C@@]1(C)CN(S(C)(=O)=O)CCO1. The summed E-state index contributed by atoms with van der Waals surface area (Å²) in [4.78, 5) is 12.0. The molecule has 1 aliphatic heterocycles. The van der Waals surface area contributed by atoms with Crippen molar-refractivity contribution in [1.82, 2.24) is 9.62 Å². The van der Waals surface area contributed by atoms with Crippen LogP contribution in [0.15, 0.2) is 0 Å². The maximum absolute atomic E-state index is 12.0. The predicted molar refractivity (Wildman–Crippen MR) is 65.7 cm³/mol. The van der Waals surface area contributed by atoms with Gasteiger partial charge in [0.05, 0.1) is 26.0 Å². The summed E-state index contributed by atoms with van der Waals surface area (Å²) in [5.74, 6) is -0.326. The Kier molecular flexibility index (Phi) is 5.09. The van der Waals surface area contributed by atoms with E-state index in [-0.39, 0.29) is 25.6 Å². The number of carbonyl (C=O) groups excluding carboxylic acids is 1. The summed E-state index contributed by atoms with van der Waals surface area (Å²) in [5.41, 5.74) is -1.14. The molecule has 0 aliphatic carbocycles. The molecule has 1 atom stereocenters. The fourth-order valence-electron chi connectivity index (χ4n) is 1.71. The molecule has 18 heavy (non-hydrogen) atoms. The Morgan fingerprint density at radius 3 is 2.78 bits per heavy atom. The summed E-state index contributed by atoms with van der Waals surface area (Å²) in [6, 6.07) is 0. The maximum atomic E-state index is 12.0. The molecule has 0 saturated carbocycles. The second-order valence-electron chi connectivity index (χ2n) is 4.42. The fraction of sp³-hybridized carbons (Fsp3) is 0.900. The Morgan fingerprint density at radius 2 is 2.22 bits per heavy atom. The Hall–Kier alpha value is -0.700. The molecular weight excluding hydrogens is 260 g/mol. The lowest BCUT2D eigenvalue weighted by molar-refractivity contribution is -0.152. The van der Waals surface area contributed by atoms with Gasteiger partial charge in [0.15, 0.2) is 5.60 Å². The first kappa shape index (κ1) is 15.4. The van der Waals surface area contributed by atoms with Crippen LogP contribution in [0.3, 0.4) is 0 Å². The molecule has 7 nitrogen and oxygen atoms in total. The molecule has 0 unspecified atom stereocenters. The van der Waals surface area contributed by atoms with Crippen LogP contribution >= 0.6 is 0 Å². The molecule has 1 amide bonds. The quantitative estimate of drug-likeness (QED) is 0.639. The number of carbonyl (C=O) groups is 1. The van der Waals surface area contributed by atoms with Gasteiger partial charge < -0.3 is 14.8 Å². The molecule has 1 N–H and O–H groups in total. The smallest absolute Gasteiger partial charge is 0.253 e. The topological polar surface area (TPSA) is 84.9 Å². The van der Waals surface area contributed by atoms with Crippen molar-refractivity contribution in [2.45, 2.75) is 12.5 Å². The van der Waals surface area contributed by atoms with Gasteiger partial charge in [-0.25, -0.2) is 8.42 Å². The lowest BCUT2D eigenvalue weighted by Crippen LogP contribution is -2.59. The van der Waals surface area contributed by atoms with Crippen molar-refractivity contribution < 1.29 is 22.7 Å². The van der Waals surface area contributed by atoms with Gasteiger partial charge in [-0.05, 0) is 6.92 Å². The second kappa shape index (κ2) is 5.96. The van der Waals surface area contributed by atoms with Gasteiger partial charge in [-0.2, -0.15) is 4.31 Å². The van der Waals surface area contributed by atoms with E-state index in [9.17, 15) is 13.2 Å². The third-order valence-electron chi connectivity index (χ3n) is 2.78. The number of hydrogen-bond acceptors (Lipinski definition) is 5. The van der Waals surface area contributed by atoms with E-state index < -0.39 is 15.6 Å². The zero-order chi connectivity index (χ0) is 13.8. The molecule has 0 bridgehead atoms. The Labute approximate surface area is 107 Å². The predicted octanol–water partition coefficient (Wildman–Crippen LogP) is -1.20. The molecule has 106 valence electrons. The minimum atomic E-state index is -3.31. The van der Waals surface area contributed by atoms with Crippen LogP contribution in [0.2, 0.25) is 0 Å². The lowest BCUT2D eigenvalue weighted by Gasteiger charge is -2.37. The molecule has 1 fully saturated rings. The van der Waals surface area contributed by atoms with Gasteiger partial charge in [0.2, 0.25) is 10.0 Å². The van der Waals surface area contributed by atoms with Crippen molar-refractivity contribution >= 4 is 15.9 Å². The number of hydrogen-bond donors (Lipinski definition) is 1. The Balaban J connectivity index is 2.65. The molecule has 0 spiro atoms. The first-order valence-electron chi connectivity index (χ1n) is 5.66. The molecule has 1 rings (SSSR count). The Morgan fingerprint density at radius 1 is 1.56 bits per heavy atom. The maximum Gasteiger partial charge on any atom is 0.253 e. The Bertz CT molecular complexity index is 397. The lowest BCUT2D eigenvalue weighted by atomic mass is 10.0. The van der Waals surface area contributed by atoms with Gasteiger partial charge in [-0.3, -0.25) is 4.79 Å². The van der Waals surface area contributed by atoms with Crippen molar-refractivity contribution in [1.29, 1.82) is 0 Å². The van der Waals surface area contributed by atoms with Crippen molar-refractivity contribution in [2.75, 3.05) is 46.2 Å². The van der Waals surface area contributed by atoms with Crippen LogP contribution in [0.1, 0.15) is 6.92 Å². The van der Waals surface area contributed by atoms with Crippen LogP contribution in [0, 0.1) is 0 Å². The first-order chi connectivity index (χ1) is 8.29. The number of amides is 1.